The maximum Gasteiger partial charge on any atom is 0.250 e. The largest absolute Gasteiger partial charge is 0.323 e. The maximum atomic E-state index is 12.0. The quantitative estimate of drug-likeness (QED) is 0.867. The van der Waals surface area contributed by atoms with Gasteiger partial charge >= 0.3 is 0 Å². The summed E-state index contributed by atoms with van der Waals surface area (Å²) < 4.78 is 1.58. The van der Waals surface area contributed by atoms with E-state index in [2.05, 4.69) is 5.32 Å². The highest BCUT2D eigenvalue weighted by atomic mass is 16.2. The molecule has 5 heteroatoms. The van der Waals surface area contributed by atoms with Crippen molar-refractivity contribution in [3.05, 3.63) is 28.7 Å². The smallest absolute Gasteiger partial charge is 0.250 e. The van der Waals surface area contributed by atoms with E-state index in [0.717, 1.165) is 6.42 Å². The second-order valence-corrected chi connectivity index (χ2v) is 5.78. The van der Waals surface area contributed by atoms with Crippen LogP contribution >= 0.6 is 0 Å². The Morgan fingerprint density at radius 2 is 2.05 bits per heavy atom. The van der Waals surface area contributed by atoms with E-state index in [4.69, 9.17) is 5.73 Å². The predicted octanol–water partition coefficient (Wildman–Crippen LogP) is 1.57. The van der Waals surface area contributed by atoms with Crippen LogP contribution in [0.3, 0.4) is 0 Å². The van der Waals surface area contributed by atoms with E-state index in [1.54, 1.807) is 16.8 Å². The second kappa shape index (κ2) is 6.02. The van der Waals surface area contributed by atoms with Gasteiger partial charge in [-0.2, -0.15) is 0 Å². The molecule has 0 saturated carbocycles. The van der Waals surface area contributed by atoms with Gasteiger partial charge in [0, 0.05) is 18.8 Å². The van der Waals surface area contributed by atoms with Crippen molar-refractivity contribution in [2.24, 2.45) is 11.1 Å². The third kappa shape index (κ3) is 4.21. The molecule has 1 heterocycles. The van der Waals surface area contributed by atoms with Gasteiger partial charge in [0.05, 0.1) is 11.7 Å². The second-order valence-electron chi connectivity index (χ2n) is 5.78. The molecule has 1 aromatic heterocycles. The molecule has 0 aliphatic rings. The number of carbonyl (C=O) groups is 1. The number of aryl methyl sites for hydroxylation is 1. The van der Waals surface area contributed by atoms with E-state index in [9.17, 15) is 9.59 Å². The van der Waals surface area contributed by atoms with Crippen LogP contribution in [0.15, 0.2) is 23.1 Å². The Kier molecular flexibility index (Phi) is 4.89. The molecule has 0 bridgehead atoms. The van der Waals surface area contributed by atoms with Gasteiger partial charge in [0.2, 0.25) is 5.91 Å². The number of aromatic nitrogens is 1. The number of pyridine rings is 1. The molecule has 5 nitrogen and oxygen atoms in total. The average molecular weight is 265 g/mol. The third-order valence-corrected chi connectivity index (χ3v) is 2.93. The van der Waals surface area contributed by atoms with Gasteiger partial charge in [-0.15, -0.1) is 0 Å². The van der Waals surface area contributed by atoms with E-state index in [1.807, 2.05) is 27.7 Å². The minimum atomic E-state index is -0.598. The molecule has 0 spiro atoms. The van der Waals surface area contributed by atoms with Gasteiger partial charge in [0.1, 0.15) is 0 Å². The molecule has 1 aromatic rings. The Hall–Kier alpha value is -1.62. The van der Waals surface area contributed by atoms with Crippen LogP contribution in [0.2, 0.25) is 0 Å². The van der Waals surface area contributed by atoms with Crippen LogP contribution in [0.5, 0.6) is 0 Å². The number of hydrogen-bond donors (Lipinski definition) is 2. The monoisotopic (exact) mass is 265 g/mol. The minimum Gasteiger partial charge on any atom is -0.323 e. The number of nitrogens with one attached hydrogen (secondary N) is 1. The van der Waals surface area contributed by atoms with Crippen LogP contribution in [-0.4, -0.2) is 16.5 Å². The highest BCUT2D eigenvalue weighted by Crippen LogP contribution is 2.18. The summed E-state index contributed by atoms with van der Waals surface area (Å²) in [6.07, 6.45) is 2.51. The standard InChI is InChI=1S/C14H23N3O2/c1-5-8-17-9-10(6-7-11(17)18)16-13(19)12(15)14(2,3)4/h6-7,9,12H,5,8,15H2,1-4H3,(H,16,19)/t12-/m0/s1. The third-order valence-electron chi connectivity index (χ3n) is 2.93. The van der Waals surface area contributed by atoms with Crippen molar-refractivity contribution in [1.29, 1.82) is 0 Å². The number of carbonyl (C=O) groups excluding carboxylic acids is 1. The zero-order valence-corrected chi connectivity index (χ0v) is 12.1. The minimum absolute atomic E-state index is 0.0695. The SMILES string of the molecule is CCCn1cc(NC(=O)[C@H](N)C(C)(C)C)ccc1=O. The normalized spacial score (nSPS) is 13.1. The average Bonchev–Trinajstić information content (AvgIpc) is 2.31. The zero-order valence-electron chi connectivity index (χ0n) is 12.1. The molecule has 1 atom stereocenters. The molecular formula is C14H23N3O2. The molecular weight excluding hydrogens is 242 g/mol. The molecule has 0 fully saturated rings. The van der Waals surface area contributed by atoms with Gasteiger partial charge in [-0.25, -0.2) is 0 Å². The summed E-state index contributed by atoms with van der Waals surface area (Å²) in [7, 11) is 0. The number of rotatable bonds is 4. The molecule has 0 unspecified atom stereocenters. The molecule has 1 rings (SSSR count). The van der Waals surface area contributed by atoms with E-state index >= 15 is 0 Å². The first-order chi connectivity index (χ1) is 8.75. The summed E-state index contributed by atoms with van der Waals surface area (Å²) in [5, 5.41) is 2.75. The van der Waals surface area contributed by atoms with E-state index in [0.29, 0.717) is 12.2 Å². The van der Waals surface area contributed by atoms with Crippen LogP contribution in [0, 0.1) is 5.41 Å². The zero-order chi connectivity index (χ0) is 14.6. The first kappa shape index (κ1) is 15.4. The highest BCUT2D eigenvalue weighted by molar-refractivity contribution is 5.95. The van der Waals surface area contributed by atoms with Crippen molar-refractivity contribution >= 4 is 11.6 Å². The Bertz CT molecular complexity index is 500. The lowest BCUT2D eigenvalue weighted by molar-refractivity contribution is -0.119. The predicted molar refractivity (Wildman–Crippen MR) is 77.1 cm³/mol. The number of nitrogens with zero attached hydrogens (tertiary/aromatic N) is 1. The lowest BCUT2D eigenvalue weighted by Crippen LogP contribution is -2.45. The van der Waals surface area contributed by atoms with Crippen molar-refractivity contribution in [3.63, 3.8) is 0 Å². The summed E-state index contributed by atoms with van der Waals surface area (Å²) in [6.45, 7) is 8.36. The first-order valence-electron chi connectivity index (χ1n) is 6.52. The topological polar surface area (TPSA) is 77.1 Å². The summed E-state index contributed by atoms with van der Waals surface area (Å²) in [5.74, 6) is -0.241. The van der Waals surface area contributed by atoms with Crippen LogP contribution in [0.1, 0.15) is 34.1 Å². The van der Waals surface area contributed by atoms with Gasteiger partial charge in [-0.05, 0) is 17.9 Å². The van der Waals surface area contributed by atoms with E-state index in [-0.39, 0.29) is 16.9 Å². The summed E-state index contributed by atoms with van der Waals surface area (Å²) in [6, 6.07) is 2.45. The van der Waals surface area contributed by atoms with Crippen molar-refractivity contribution in [3.8, 4) is 0 Å². The molecule has 0 saturated heterocycles. The van der Waals surface area contributed by atoms with Crippen molar-refractivity contribution < 1.29 is 4.79 Å². The lowest BCUT2D eigenvalue weighted by Gasteiger charge is -2.25. The van der Waals surface area contributed by atoms with Gasteiger partial charge in [-0.3, -0.25) is 9.59 Å². The number of hydrogen-bond acceptors (Lipinski definition) is 3. The van der Waals surface area contributed by atoms with E-state index < -0.39 is 6.04 Å². The van der Waals surface area contributed by atoms with Crippen LogP contribution < -0.4 is 16.6 Å². The Balaban J connectivity index is 2.86. The van der Waals surface area contributed by atoms with Crippen LogP contribution in [0.4, 0.5) is 5.69 Å². The molecule has 0 aromatic carbocycles. The molecule has 1 amide bonds. The maximum absolute atomic E-state index is 12.0. The van der Waals surface area contributed by atoms with Crippen molar-refractivity contribution in [2.75, 3.05) is 5.32 Å². The first-order valence-corrected chi connectivity index (χ1v) is 6.52. The molecule has 0 aliphatic carbocycles. The fourth-order valence-electron chi connectivity index (χ4n) is 1.63. The highest BCUT2D eigenvalue weighted by Gasteiger charge is 2.27. The van der Waals surface area contributed by atoms with Crippen LogP contribution in [0.25, 0.3) is 0 Å². The molecule has 0 radical (unpaired) electrons. The van der Waals surface area contributed by atoms with Gasteiger partial charge in [0.15, 0.2) is 0 Å². The lowest BCUT2D eigenvalue weighted by atomic mass is 9.87. The van der Waals surface area contributed by atoms with Gasteiger partial charge in [0.25, 0.3) is 5.56 Å². The fourth-order valence-corrected chi connectivity index (χ4v) is 1.63. The molecule has 3 N–H and O–H groups in total. The van der Waals surface area contributed by atoms with Crippen LogP contribution in [-0.2, 0) is 11.3 Å². The summed E-state index contributed by atoms with van der Waals surface area (Å²) in [5.41, 5.74) is 6.11. The molecule has 0 aliphatic heterocycles. The Labute approximate surface area is 113 Å². The number of nitrogens with two attached hydrogens (primary N) is 1. The Morgan fingerprint density at radius 1 is 1.42 bits per heavy atom. The Morgan fingerprint density at radius 3 is 2.58 bits per heavy atom. The number of amides is 1. The summed E-state index contributed by atoms with van der Waals surface area (Å²) >= 11 is 0. The molecule has 106 valence electrons. The fraction of sp³-hybridized carbons (Fsp3) is 0.571. The van der Waals surface area contributed by atoms with Gasteiger partial charge in [-0.1, -0.05) is 27.7 Å². The van der Waals surface area contributed by atoms with E-state index in [1.165, 1.54) is 6.07 Å². The van der Waals surface area contributed by atoms with Crippen molar-refractivity contribution in [1.82, 2.24) is 4.57 Å². The number of anilines is 1. The van der Waals surface area contributed by atoms with Crippen molar-refractivity contribution in [2.45, 2.75) is 46.7 Å². The van der Waals surface area contributed by atoms with Gasteiger partial charge < -0.3 is 15.6 Å². The molecule has 19 heavy (non-hydrogen) atoms. The summed E-state index contributed by atoms with van der Waals surface area (Å²) in [4.78, 5) is 23.6.